The summed E-state index contributed by atoms with van der Waals surface area (Å²) >= 11 is 0. The average molecular weight is 620 g/mol. The van der Waals surface area contributed by atoms with Gasteiger partial charge in [0.1, 0.15) is 17.2 Å². The zero-order valence-corrected chi connectivity index (χ0v) is 26.8. The molecule has 5 aromatic carbocycles. The number of ether oxygens (including phenoxy) is 3. The monoisotopic (exact) mass is 619 g/mol. The number of hydrogen-bond acceptors (Lipinski definition) is 8. The van der Waals surface area contributed by atoms with Crippen LogP contribution in [0, 0.1) is 5.92 Å². The highest BCUT2D eigenvalue weighted by Gasteiger charge is 2.37. The van der Waals surface area contributed by atoms with E-state index >= 15 is 0 Å². The van der Waals surface area contributed by atoms with E-state index in [1.165, 1.54) is 33.5 Å². The van der Waals surface area contributed by atoms with Gasteiger partial charge in [-0.3, -0.25) is 14.6 Å². The Hall–Kier alpha value is -4.59. The number of nitrogens with zero attached hydrogens (tertiary/aromatic N) is 1. The molecule has 2 N–H and O–H groups in total. The van der Waals surface area contributed by atoms with Crippen molar-refractivity contribution < 1.29 is 24.4 Å². The molecule has 236 valence electrons. The van der Waals surface area contributed by atoms with E-state index in [1.807, 2.05) is 13.8 Å². The molecule has 1 atom stereocenters. The number of hydrogen-bond donors (Lipinski definition) is 2. The smallest absolute Gasteiger partial charge is 0.194 e. The fourth-order valence-corrected chi connectivity index (χ4v) is 8.42. The van der Waals surface area contributed by atoms with Crippen LogP contribution in [-0.2, 0) is 6.42 Å². The number of fused-ring (bicyclic) bond motifs is 1. The van der Waals surface area contributed by atoms with Gasteiger partial charge in [0.05, 0.1) is 32.1 Å². The van der Waals surface area contributed by atoms with Crippen LogP contribution in [0.1, 0.15) is 75.0 Å². The molecule has 3 aliphatic rings. The van der Waals surface area contributed by atoms with Crippen molar-refractivity contribution >= 4 is 54.9 Å². The van der Waals surface area contributed by atoms with Crippen LogP contribution >= 0.6 is 0 Å². The Morgan fingerprint density at radius 3 is 1.89 bits per heavy atom. The molecule has 46 heavy (non-hydrogen) atoms. The minimum absolute atomic E-state index is 0.0108. The molecule has 0 radical (unpaired) electrons. The molecule has 0 saturated heterocycles. The van der Waals surface area contributed by atoms with Crippen LogP contribution in [0.25, 0.3) is 49.2 Å². The number of aliphatic imine (C=N–C) groups is 1. The van der Waals surface area contributed by atoms with Crippen LogP contribution in [0.2, 0.25) is 0 Å². The van der Waals surface area contributed by atoms with Crippen molar-refractivity contribution in [2.75, 3.05) is 21.3 Å². The first-order valence-corrected chi connectivity index (χ1v) is 16.2. The first-order valence-electron chi connectivity index (χ1n) is 16.2. The number of aromatic hydroxyl groups is 2. The Bertz CT molecular complexity index is 2300. The van der Waals surface area contributed by atoms with Crippen LogP contribution in [0.3, 0.4) is 0 Å². The van der Waals surface area contributed by atoms with Gasteiger partial charge in [-0.25, -0.2) is 0 Å². The third kappa shape index (κ3) is 3.70. The predicted octanol–water partition coefficient (Wildman–Crippen LogP) is 7.19. The molecule has 8 rings (SSSR count). The lowest BCUT2D eigenvalue weighted by molar-refractivity contribution is 0.311. The lowest BCUT2D eigenvalue weighted by atomic mass is 9.77. The van der Waals surface area contributed by atoms with Gasteiger partial charge in [-0.15, -0.1) is 0 Å². The molecule has 0 amide bonds. The molecule has 8 nitrogen and oxygen atoms in total. The molecule has 0 bridgehead atoms. The molecular formula is C38H37NO7. The highest BCUT2D eigenvalue weighted by molar-refractivity contribution is 6.39. The normalized spacial score (nSPS) is 18.8. The van der Waals surface area contributed by atoms with Gasteiger partial charge in [-0.05, 0) is 61.8 Å². The molecule has 1 unspecified atom stereocenters. The van der Waals surface area contributed by atoms with Crippen LogP contribution in [0.15, 0.2) is 32.3 Å². The van der Waals surface area contributed by atoms with Gasteiger partial charge in [0.2, 0.25) is 0 Å². The quantitative estimate of drug-likeness (QED) is 0.113. The lowest BCUT2D eigenvalue weighted by Crippen LogP contribution is -2.20. The molecular weight excluding hydrogens is 582 g/mol. The zero-order chi connectivity index (χ0) is 32.2. The van der Waals surface area contributed by atoms with Crippen molar-refractivity contribution in [3.8, 4) is 28.7 Å². The summed E-state index contributed by atoms with van der Waals surface area (Å²) in [6.45, 7) is 4.07. The fourth-order valence-electron chi connectivity index (χ4n) is 8.42. The fraction of sp³-hybridized carbons (Fsp3) is 0.395. The summed E-state index contributed by atoms with van der Waals surface area (Å²) in [4.78, 5) is 33.0. The summed E-state index contributed by atoms with van der Waals surface area (Å²) in [6, 6.07) is 2.99. The Morgan fingerprint density at radius 2 is 1.37 bits per heavy atom. The van der Waals surface area contributed by atoms with Gasteiger partial charge in [0, 0.05) is 62.5 Å². The number of benzene rings is 5. The van der Waals surface area contributed by atoms with E-state index in [1.54, 1.807) is 0 Å². The minimum Gasteiger partial charge on any atom is -0.507 e. The van der Waals surface area contributed by atoms with Crippen molar-refractivity contribution in [3.05, 3.63) is 54.8 Å². The van der Waals surface area contributed by atoms with Crippen molar-refractivity contribution in [2.45, 2.75) is 70.8 Å². The summed E-state index contributed by atoms with van der Waals surface area (Å²) in [5, 5.41) is 28.0. The standard InChI is InChI=1S/C38H37NO7/c1-16-12-20-21(13-18-8-6-9-18)36(42)28-22(40)14-24(44-3)30-31-25(45-4)15-23(41)29-34(31)33(27(20)32(28)30)35(38(46-5)37(29)43)26(16)17(2)39-19-10-7-11-19/h12,14-15,18-19,26,42-43H,6-11,13H2,1-5H3. The second kappa shape index (κ2) is 10.2. The van der Waals surface area contributed by atoms with Gasteiger partial charge in [0.15, 0.2) is 22.4 Å². The number of phenolic OH excluding ortho intramolecular Hbond substituents is 2. The average Bonchev–Trinajstić information content (AvgIpc) is 3.11. The molecule has 0 aromatic heterocycles. The maximum atomic E-state index is 14.0. The highest BCUT2D eigenvalue weighted by atomic mass is 16.5. The number of phenols is 2. The summed E-state index contributed by atoms with van der Waals surface area (Å²) < 4.78 is 17.7. The second-order valence-electron chi connectivity index (χ2n) is 13.4. The molecule has 2 fully saturated rings. The summed E-state index contributed by atoms with van der Waals surface area (Å²) in [5.41, 5.74) is 3.33. The van der Waals surface area contributed by atoms with Crippen molar-refractivity contribution in [2.24, 2.45) is 10.9 Å². The van der Waals surface area contributed by atoms with E-state index in [0.717, 1.165) is 66.3 Å². The largest absolute Gasteiger partial charge is 0.507 e. The second-order valence-corrected chi connectivity index (χ2v) is 13.4. The van der Waals surface area contributed by atoms with Crippen molar-refractivity contribution in [3.63, 3.8) is 0 Å². The number of rotatable bonds is 7. The summed E-state index contributed by atoms with van der Waals surface area (Å²) in [5.74, 6) is 0.551. The van der Waals surface area contributed by atoms with Crippen LogP contribution in [0.5, 0.6) is 28.7 Å². The topological polar surface area (TPSA) is 115 Å². The zero-order valence-electron chi connectivity index (χ0n) is 26.8. The highest BCUT2D eigenvalue weighted by Crippen LogP contribution is 2.58. The van der Waals surface area contributed by atoms with Gasteiger partial charge >= 0.3 is 0 Å². The van der Waals surface area contributed by atoms with E-state index in [-0.39, 0.29) is 45.2 Å². The van der Waals surface area contributed by atoms with Crippen LogP contribution < -0.4 is 25.1 Å². The summed E-state index contributed by atoms with van der Waals surface area (Å²) in [6.07, 6.45) is 9.20. The maximum Gasteiger partial charge on any atom is 0.194 e. The third-order valence-corrected chi connectivity index (χ3v) is 10.9. The van der Waals surface area contributed by atoms with Crippen molar-refractivity contribution in [1.29, 1.82) is 0 Å². The minimum atomic E-state index is -0.409. The Morgan fingerprint density at radius 1 is 0.783 bits per heavy atom. The Kier molecular flexibility index (Phi) is 6.40. The molecule has 5 aromatic rings. The van der Waals surface area contributed by atoms with Crippen LogP contribution in [0.4, 0.5) is 0 Å². The van der Waals surface area contributed by atoms with Gasteiger partial charge in [-0.2, -0.15) is 0 Å². The van der Waals surface area contributed by atoms with E-state index < -0.39 is 11.3 Å². The molecule has 0 spiro atoms. The number of methoxy groups -OCH3 is 3. The molecule has 8 heteroatoms. The lowest BCUT2D eigenvalue weighted by Gasteiger charge is -2.29. The molecule has 0 aliphatic heterocycles. The van der Waals surface area contributed by atoms with E-state index in [0.29, 0.717) is 50.6 Å². The maximum absolute atomic E-state index is 14.0. The SMILES string of the molecule is COc1c(O)c2c(=O)cc(OC)c3c4c(OC)cc(=O)c5c(O)c(CC6CCC6)c6c(c(c1C(C(C)=NC1CCC1)C(C)=C6)c23)c54. The molecule has 2 saturated carbocycles. The van der Waals surface area contributed by atoms with E-state index in [2.05, 4.69) is 6.08 Å². The third-order valence-electron chi connectivity index (χ3n) is 10.9. The number of allylic oxidation sites excluding steroid dienone is 1. The predicted molar refractivity (Wildman–Crippen MR) is 183 cm³/mol. The Labute approximate surface area is 265 Å². The van der Waals surface area contributed by atoms with Crippen LogP contribution in [-0.4, -0.2) is 43.3 Å². The van der Waals surface area contributed by atoms with Crippen molar-refractivity contribution in [1.82, 2.24) is 0 Å². The van der Waals surface area contributed by atoms with Gasteiger partial charge in [-0.1, -0.05) is 30.9 Å². The molecule has 3 aliphatic carbocycles. The molecule has 0 heterocycles. The van der Waals surface area contributed by atoms with Gasteiger partial charge < -0.3 is 24.4 Å². The Balaban J connectivity index is 1.73. The van der Waals surface area contributed by atoms with E-state index in [9.17, 15) is 19.8 Å². The first-order chi connectivity index (χ1) is 22.2. The summed E-state index contributed by atoms with van der Waals surface area (Å²) in [7, 11) is 4.50. The van der Waals surface area contributed by atoms with E-state index in [4.69, 9.17) is 19.2 Å². The first kappa shape index (κ1) is 28.9. The van der Waals surface area contributed by atoms with Gasteiger partial charge in [0.25, 0.3) is 0 Å².